The lowest BCUT2D eigenvalue weighted by atomic mass is 9.90. The van der Waals surface area contributed by atoms with Crippen LogP contribution in [0.2, 0.25) is 0 Å². The number of carbonyl (C=O) groups excluding carboxylic acids is 1. The molecule has 2 aliphatic heterocycles. The van der Waals surface area contributed by atoms with Gasteiger partial charge in [0.05, 0.1) is 13.2 Å². The zero-order chi connectivity index (χ0) is 27.3. The van der Waals surface area contributed by atoms with E-state index in [4.69, 9.17) is 18.9 Å². The van der Waals surface area contributed by atoms with E-state index < -0.39 is 0 Å². The van der Waals surface area contributed by atoms with Crippen LogP contribution < -0.4 is 0 Å². The summed E-state index contributed by atoms with van der Waals surface area (Å²) in [7, 11) is 3.59. The molecular formula is C32H46N2O5. The number of likely N-dealkylation sites (tertiary alicyclic amines) is 1. The Morgan fingerprint density at radius 3 is 1.62 bits per heavy atom. The predicted octanol–water partition coefficient (Wildman–Crippen LogP) is 5.10. The van der Waals surface area contributed by atoms with E-state index in [1.165, 1.54) is 24.0 Å². The van der Waals surface area contributed by atoms with E-state index >= 15 is 0 Å². The number of ketones is 1. The smallest absolute Gasteiger partial charge is 0.175 e. The first-order chi connectivity index (χ1) is 19.1. The Morgan fingerprint density at radius 1 is 0.744 bits per heavy atom. The lowest BCUT2D eigenvalue weighted by Crippen LogP contribution is -2.55. The number of piperidine rings is 1. The molecule has 2 aliphatic carbocycles. The third-order valence-electron chi connectivity index (χ3n) is 8.18. The van der Waals surface area contributed by atoms with Crippen molar-refractivity contribution in [3.05, 3.63) is 71.8 Å². The summed E-state index contributed by atoms with van der Waals surface area (Å²) in [4.78, 5) is 14.9. The van der Waals surface area contributed by atoms with Crippen molar-refractivity contribution in [1.82, 2.24) is 9.80 Å². The molecular weight excluding hydrogens is 492 g/mol. The summed E-state index contributed by atoms with van der Waals surface area (Å²) in [6.07, 6.45) is 6.41. The van der Waals surface area contributed by atoms with Gasteiger partial charge in [-0.25, -0.2) is 0 Å². The Labute approximate surface area is 234 Å². The quantitative estimate of drug-likeness (QED) is 0.475. The van der Waals surface area contributed by atoms with E-state index in [1.54, 1.807) is 14.2 Å². The van der Waals surface area contributed by atoms with Crippen LogP contribution in [-0.2, 0) is 36.8 Å². The van der Waals surface area contributed by atoms with Crippen molar-refractivity contribution in [2.45, 2.75) is 57.4 Å². The Kier molecular flexibility index (Phi) is 11.9. The summed E-state index contributed by atoms with van der Waals surface area (Å²) in [5, 5.41) is 0. The van der Waals surface area contributed by atoms with Gasteiger partial charge in [-0.1, -0.05) is 60.7 Å². The van der Waals surface area contributed by atoms with E-state index in [0.717, 1.165) is 51.9 Å². The van der Waals surface area contributed by atoms with Crippen LogP contribution in [-0.4, -0.2) is 75.4 Å². The fraction of sp³-hybridized carbons (Fsp3) is 0.594. The van der Waals surface area contributed by atoms with Crippen molar-refractivity contribution in [2.24, 2.45) is 11.8 Å². The average Bonchev–Trinajstić information content (AvgIpc) is 3.40. The molecule has 2 saturated carbocycles. The summed E-state index contributed by atoms with van der Waals surface area (Å²) < 4.78 is 22.3. The molecule has 2 aromatic carbocycles. The van der Waals surface area contributed by atoms with Gasteiger partial charge in [-0.15, -0.1) is 0 Å². The fourth-order valence-electron chi connectivity index (χ4n) is 6.24. The second-order valence-corrected chi connectivity index (χ2v) is 10.9. The number of methoxy groups -OCH3 is 2. The highest BCUT2D eigenvalue weighted by atomic mass is 16.7. The monoisotopic (exact) mass is 538 g/mol. The van der Waals surface area contributed by atoms with Gasteiger partial charge in [-0.3, -0.25) is 14.6 Å². The molecule has 2 atom stereocenters. The molecule has 0 aromatic heterocycles. The number of carbonyl (C=O) groups is 1. The van der Waals surface area contributed by atoms with Crippen LogP contribution in [0.3, 0.4) is 0 Å². The van der Waals surface area contributed by atoms with E-state index in [0.29, 0.717) is 44.3 Å². The minimum atomic E-state index is -0.326. The number of fused-ring (bicyclic) bond motifs is 2. The molecule has 4 fully saturated rings. The summed E-state index contributed by atoms with van der Waals surface area (Å²) in [6.45, 7) is 6.80. The van der Waals surface area contributed by atoms with Crippen LogP contribution in [0, 0.1) is 11.8 Å². The molecule has 6 rings (SSSR count). The lowest BCUT2D eigenvalue weighted by Gasteiger charge is -2.45. The summed E-state index contributed by atoms with van der Waals surface area (Å²) in [6, 6.07) is 21.1. The number of benzene rings is 2. The molecule has 2 saturated heterocycles. The van der Waals surface area contributed by atoms with E-state index in [1.807, 2.05) is 6.07 Å². The van der Waals surface area contributed by atoms with Gasteiger partial charge >= 0.3 is 0 Å². The first kappa shape index (κ1) is 29.8. The van der Waals surface area contributed by atoms with Crippen molar-refractivity contribution in [1.29, 1.82) is 0 Å². The molecule has 7 heteroatoms. The normalized spacial score (nSPS) is 24.7. The third kappa shape index (κ3) is 8.68. The van der Waals surface area contributed by atoms with Gasteiger partial charge in [0.1, 0.15) is 19.2 Å². The van der Waals surface area contributed by atoms with E-state index in [2.05, 4.69) is 64.4 Å². The Morgan fingerprint density at radius 2 is 1.21 bits per heavy atom. The maximum absolute atomic E-state index is 10.2. The fourth-order valence-corrected chi connectivity index (χ4v) is 6.24. The highest BCUT2D eigenvalue weighted by Gasteiger charge is 2.55. The first-order valence-corrected chi connectivity index (χ1v) is 14.4. The van der Waals surface area contributed by atoms with Crippen molar-refractivity contribution >= 4 is 5.78 Å². The zero-order valence-electron chi connectivity index (χ0n) is 23.8. The molecule has 4 aliphatic rings. The van der Waals surface area contributed by atoms with Gasteiger partial charge in [-0.2, -0.15) is 0 Å². The number of Topliss-reactive ketones (excluding diaryl/α,β-unsaturated/α-hetero) is 1. The topological polar surface area (TPSA) is 60.5 Å². The first-order valence-electron chi connectivity index (χ1n) is 14.4. The molecule has 2 heterocycles. The van der Waals surface area contributed by atoms with Crippen molar-refractivity contribution in [3.8, 4) is 0 Å². The zero-order valence-corrected chi connectivity index (χ0v) is 23.8. The molecule has 0 radical (unpaired) electrons. The Bertz CT molecular complexity index is 937. The number of rotatable bonds is 6. The van der Waals surface area contributed by atoms with E-state index in [9.17, 15) is 4.79 Å². The lowest BCUT2D eigenvalue weighted by molar-refractivity contribution is -0.270. The second kappa shape index (κ2) is 15.6. The van der Waals surface area contributed by atoms with Crippen LogP contribution >= 0.6 is 0 Å². The Balaban J connectivity index is 0.000000154. The van der Waals surface area contributed by atoms with Gasteiger partial charge in [0, 0.05) is 65.1 Å². The van der Waals surface area contributed by atoms with Crippen molar-refractivity contribution in [2.75, 3.05) is 54.0 Å². The van der Waals surface area contributed by atoms with Gasteiger partial charge < -0.3 is 18.9 Å². The van der Waals surface area contributed by atoms with Crippen LogP contribution in [0.5, 0.6) is 0 Å². The predicted molar refractivity (Wildman–Crippen MR) is 152 cm³/mol. The minimum absolute atomic E-state index is 0.326. The number of hydrogen-bond donors (Lipinski definition) is 0. The van der Waals surface area contributed by atoms with Crippen LogP contribution in [0.15, 0.2) is 60.7 Å². The van der Waals surface area contributed by atoms with Gasteiger partial charge in [0.15, 0.2) is 5.79 Å². The SMILES string of the molecule is COC1(OC)C2CCC1CN(Cc1ccccc1)C2.O=C1CCCC1.c1ccc(CN2COCCOC2)cc1. The largest absolute Gasteiger partial charge is 0.364 e. The molecule has 0 N–H and O–H groups in total. The van der Waals surface area contributed by atoms with E-state index in [-0.39, 0.29) is 5.79 Å². The van der Waals surface area contributed by atoms with Crippen LogP contribution in [0.4, 0.5) is 0 Å². The average molecular weight is 539 g/mol. The summed E-state index contributed by atoms with van der Waals surface area (Å²) >= 11 is 0. The summed E-state index contributed by atoms with van der Waals surface area (Å²) in [5.74, 6) is 1.14. The molecule has 2 bridgehead atoms. The van der Waals surface area contributed by atoms with Crippen LogP contribution in [0.25, 0.3) is 0 Å². The van der Waals surface area contributed by atoms with Gasteiger partial charge in [0.2, 0.25) is 0 Å². The molecule has 214 valence electrons. The van der Waals surface area contributed by atoms with Crippen molar-refractivity contribution < 1.29 is 23.7 Å². The second-order valence-electron chi connectivity index (χ2n) is 10.9. The highest BCUT2D eigenvalue weighted by Crippen LogP contribution is 2.47. The maximum Gasteiger partial charge on any atom is 0.175 e. The molecule has 7 nitrogen and oxygen atoms in total. The third-order valence-corrected chi connectivity index (χ3v) is 8.18. The number of ether oxygens (including phenoxy) is 4. The van der Waals surface area contributed by atoms with Crippen molar-refractivity contribution in [3.63, 3.8) is 0 Å². The molecule has 0 spiro atoms. The number of nitrogens with zero attached hydrogens (tertiary/aromatic N) is 2. The molecule has 2 aromatic rings. The Hall–Kier alpha value is -2.13. The van der Waals surface area contributed by atoms with Gasteiger partial charge in [-0.05, 0) is 36.8 Å². The number of hydrogen-bond acceptors (Lipinski definition) is 7. The van der Waals surface area contributed by atoms with Crippen LogP contribution in [0.1, 0.15) is 49.7 Å². The molecule has 2 unspecified atom stereocenters. The highest BCUT2D eigenvalue weighted by molar-refractivity contribution is 5.80. The molecule has 39 heavy (non-hydrogen) atoms. The summed E-state index contributed by atoms with van der Waals surface area (Å²) in [5.41, 5.74) is 2.69. The minimum Gasteiger partial charge on any atom is -0.364 e. The van der Waals surface area contributed by atoms with Gasteiger partial charge in [0.25, 0.3) is 0 Å². The maximum atomic E-state index is 10.2. The standard InChI is InChI=1S/C16H23NO2.C11H15NO2.C5H8O/c1-18-16(19-2)14-8-9-15(16)12-17(11-14)10-13-6-4-3-5-7-13;1-2-4-11(5-3-1)8-12-9-13-6-7-14-10-12;6-5-3-1-2-4-5/h3-7,14-15H,8-12H2,1-2H3;1-5H,6-10H2;1-4H2. The molecule has 0 amide bonds.